The van der Waals surface area contributed by atoms with Crippen LogP contribution in [0.1, 0.15) is 39.9 Å². The Balaban J connectivity index is 2.99. The molecule has 0 aliphatic heterocycles. The largest absolute Gasteiger partial charge is 0.481 e. The van der Waals surface area contributed by atoms with Gasteiger partial charge in [-0.15, -0.1) is 10.2 Å². The SMILES string of the molecule is CCn1c(SCC(=O)O)nnc1C(C)(C)CC. The van der Waals surface area contributed by atoms with E-state index >= 15 is 0 Å². The summed E-state index contributed by atoms with van der Waals surface area (Å²) in [5, 5.41) is 17.7. The second-order valence-electron chi connectivity index (χ2n) is 4.47. The van der Waals surface area contributed by atoms with Crippen molar-refractivity contribution in [1.82, 2.24) is 14.8 Å². The fourth-order valence-electron chi connectivity index (χ4n) is 1.47. The van der Waals surface area contributed by atoms with Gasteiger partial charge in [0.15, 0.2) is 5.16 Å². The van der Waals surface area contributed by atoms with E-state index < -0.39 is 5.97 Å². The number of carbonyl (C=O) groups is 1. The van der Waals surface area contributed by atoms with Crippen molar-refractivity contribution in [2.24, 2.45) is 0 Å². The molecule has 0 atom stereocenters. The van der Waals surface area contributed by atoms with Gasteiger partial charge in [0.05, 0.1) is 5.75 Å². The Bertz CT molecular complexity index is 401. The predicted octanol–water partition coefficient (Wildman–Crippen LogP) is 2.16. The molecule has 0 fully saturated rings. The maximum absolute atomic E-state index is 10.6. The lowest BCUT2D eigenvalue weighted by molar-refractivity contribution is -0.133. The van der Waals surface area contributed by atoms with Gasteiger partial charge in [0.2, 0.25) is 0 Å². The zero-order valence-corrected chi connectivity index (χ0v) is 11.5. The van der Waals surface area contributed by atoms with Crippen molar-refractivity contribution in [3.05, 3.63) is 5.82 Å². The van der Waals surface area contributed by atoms with Crippen LogP contribution < -0.4 is 0 Å². The quantitative estimate of drug-likeness (QED) is 0.791. The van der Waals surface area contributed by atoms with Gasteiger partial charge >= 0.3 is 5.97 Å². The van der Waals surface area contributed by atoms with Gasteiger partial charge in [0, 0.05) is 12.0 Å². The van der Waals surface area contributed by atoms with E-state index in [0.717, 1.165) is 18.8 Å². The molecule has 0 aliphatic rings. The Hall–Kier alpha value is -1.04. The summed E-state index contributed by atoms with van der Waals surface area (Å²) in [5.74, 6) is 0.109. The van der Waals surface area contributed by atoms with Crippen LogP contribution in [0.2, 0.25) is 0 Å². The van der Waals surface area contributed by atoms with Crippen LogP contribution in [0, 0.1) is 0 Å². The van der Waals surface area contributed by atoms with Crippen molar-refractivity contribution in [1.29, 1.82) is 0 Å². The second kappa shape index (κ2) is 5.53. The molecule has 1 aromatic rings. The van der Waals surface area contributed by atoms with Gasteiger partial charge in [-0.05, 0) is 13.3 Å². The van der Waals surface area contributed by atoms with Crippen molar-refractivity contribution in [3.63, 3.8) is 0 Å². The Morgan fingerprint density at radius 1 is 1.41 bits per heavy atom. The molecule has 5 nitrogen and oxygen atoms in total. The Morgan fingerprint density at radius 2 is 2.06 bits per heavy atom. The normalized spacial score (nSPS) is 11.8. The topological polar surface area (TPSA) is 68.0 Å². The molecule has 0 spiro atoms. The number of nitrogens with zero attached hydrogens (tertiary/aromatic N) is 3. The van der Waals surface area contributed by atoms with E-state index in [2.05, 4.69) is 31.0 Å². The van der Waals surface area contributed by atoms with Gasteiger partial charge in [-0.1, -0.05) is 32.5 Å². The number of thioether (sulfide) groups is 1. The fraction of sp³-hybridized carbons (Fsp3) is 0.727. The minimum Gasteiger partial charge on any atom is -0.481 e. The monoisotopic (exact) mass is 257 g/mol. The average molecular weight is 257 g/mol. The van der Waals surface area contributed by atoms with E-state index in [1.165, 1.54) is 11.8 Å². The van der Waals surface area contributed by atoms with E-state index in [-0.39, 0.29) is 11.2 Å². The summed E-state index contributed by atoms with van der Waals surface area (Å²) in [7, 11) is 0. The Labute approximate surface area is 106 Å². The summed E-state index contributed by atoms with van der Waals surface area (Å²) >= 11 is 1.22. The van der Waals surface area contributed by atoms with Crippen LogP contribution in [0.3, 0.4) is 0 Å². The third-order valence-electron chi connectivity index (χ3n) is 2.85. The van der Waals surface area contributed by atoms with E-state index in [1.54, 1.807) is 0 Å². The van der Waals surface area contributed by atoms with Gasteiger partial charge in [-0.2, -0.15) is 0 Å². The molecule has 0 amide bonds. The van der Waals surface area contributed by atoms with Crippen LogP contribution in [-0.4, -0.2) is 31.6 Å². The number of aromatic nitrogens is 3. The number of hydrogen-bond donors (Lipinski definition) is 1. The minimum atomic E-state index is -0.836. The van der Waals surface area contributed by atoms with Crippen molar-refractivity contribution >= 4 is 17.7 Å². The fourth-order valence-corrected chi connectivity index (χ4v) is 2.19. The molecule has 17 heavy (non-hydrogen) atoms. The lowest BCUT2D eigenvalue weighted by Gasteiger charge is -2.22. The third-order valence-corrected chi connectivity index (χ3v) is 3.80. The number of hydrogen-bond acceptors (Lipinski definition) is 4. The number of rotatable bonds is 6. The first kappa shape index (κ1) is 14.0. The highest BCUT2D eigenvalue weighted by molar-refractivity contribution is 7.99. The Kier molecular flexibility index (Phi) is 4.56. The molecule has 6 heteroatoms. The zero-order chi connectivity index (χ0) is 13.1. The highest BCUT2D eigenvalue weighted by Crippen LogP contribution is 2.28. The van der Waals surface area contributed by atoms with E-state index in [0.29, 0.717) is 5.16 Å². The molecule has 1 rings (SSSR count). The molecule has 0 aliphatic carbocycles. The summed E-state index contributed by atoms with van der Waals surface area (Å²) in [6.07, 6.45) is 0.967. The van der Waals surface area contributed by atoms with Gasteiger partial charge in [-0.25, -0.2) is 0 Å². The van der Waals surface area contributed by atoms with E-state index in [9.17, 15) is 4.79 Å². The summed E-state index contributed by atoms with van der Waals surface area (Å²) in [4.78, 5) is 10.6. The number of aliphatic carboxylic acids is 1. The maximum Gasteiger partial charge on any atom is 0.313 e. The van der Waals surface area contributed by atoms with Crippen molar-refractivity contribution in [2.75, 3.05) is 5.75 Å². The molecule has 96 valence electrons. The third kappa shape index (κ3) is 3.21. The highest BCUT2D eigenvalue weighted by Gasteiger charge is 2.26. The molecule has 1 heterocycles. The van der Waals surface area contributed by atoms with Crippen LogP contribution in [0.5, 0.6) is 0 Å². The first-order valence-electron chi connectivity index (χ1n) is 5.70. The molecule has 0 bridgehead atoms. The molecule has 0 saturated carbocycles. The minimum absolute atomic E-state index is 0.0185. The molecular formula is C11H19N3O2S. The summed E-state index contributed by atoms with van der Waals surface area (Å²) in [6, 6.07) is 0. The molecular weight excluding hydrogens is 238 g/mol. The second-order valence-corrected chi connectivity index (χ2v) is 5.41. The van der Waals surface area contributed by atoms with Crippen molar-refractivity contribution in [3.8, 4) is 0 Å². The summed E-state index contributed by atoms with van der Waals surface area (Å²) in [5.41, 5.74) is -0.0367. The standard InChI is InChI=1S/C11H19N3O2S/c1-5-11(3,4)9-12-13-10(14(9)6-2)17-7-8(15)16/h5-7H2,1-4H3,(H,15,16). The van der Waals surface area contributed by atoms with Gasteiger partial charge in [0.1, 0.15) is 5.82 Å². The van der Waals surface area contributed by atoms with Crippen LogP contribution in [0.15, 0.2) is 5.16 Å². The van der Waals surface area contributed by atoms with E-state index in [1.807, 2.05) is 11.5 Å². The average Bonchev–Trinajstić information content (AvgIpc) is 2.69. The predicted molar refractivity (Wildman–Crippen MR) is 67.4 cm³/mol. The van der Waals surface area contributed by atoms with Crippen LogP contribution in [0.4, 0.5) is 0 Å². The van der Waals surface area contributed by atoms with Crippen LogP contribution in [-0.2, 0) is 16.8 Å². The smallest absolute Gasteiger partial charge is 0.313 e. The number of carboxylic acid groups (broad SMARTS) is 1. The lowest BCUT2D eigenvalue weighted by Crippen LogP contribution is -2.22. The van der Waals surface area contributed by atoms with Gasteiger partial charge in [0.25, 0.3) is 0 Å². The Morgan fingerprint density at radius 3 is 2.53 bits per heavy atom. The van der Waals surface area contributed by atoms with Crippen molar-refractivity contribution in [2.45, 2.75) is 51.2 Å². The number of carboxylic acids is 1. The molecule has 0 aromatic carbocycles. The van der Waals surface area contributed by atoms with Crippen LogP contribution >= 0.6 is 11.8 Å². The van der Waals surface area contributed by atoms with Crippen LogP contribution in [0.25, 0.3) is 0 Å². The molecule has 0 saturated heterocycles. The molecule has 1 N–H and O–H groups in total. The first-order valence-corrected chi connectivity index (χ1v) is 6.69. The zero-order valence-electron chi connectivity index (χ0n) is 10.7. The first-order chi connectivity index (χ1) is 7.92. The van der Waals surface area contributed by atoms with Gasteiger partial charge < -0.3 is 9.67 Å². The highest BCUT2D eigenvalue weighted by atomic mass is 32.2. The van der Waals surface area contributed by atoms with E-state index in [4.69, 9.17) is 5.11 Å². The van der Waals surface area contributed by atoms with Crippen molar-refractivity contribution < 1.29 is 9.90 Å². The molecule has 0 radical (unpaired) electrons. The molecule has 0 unspecified atom stereocenters. The summed E-state index contributed by atoms with van der Waals surface area (Å²) < 4.78 is 2.00. The maximum atomic E-state index is 10.6. The molecule has 1 aromatic heterocycles. The summed E-state index contributed by atoms with van der Waals surface area (Å²) in [6.45, 7) is 9.12. The lowest BCUT2D eigenvalue weighted by atomic mass is 9.89. The van der Waals surface area contributed by atoms with Gasteiger partial charge in [-0.3, -0.25) is 4.79 Å².